The number of nitrogens with zero attached hydrogens (tertiary/aromatic N) is 3. The molecule has 1 aromatic carbocycles. The van der Waals surface area contributed by atoms with Crippen LogP contribution >= 0.6 is 0 Å². The fraction of sp³-hybridized carbons (Fsp3) is 0.294. The summed E-state index contributed by atoms with van der Waals surface area (Å²) in [5.74, 6) is -0.127. The SMILES string of the molecule is O=C(CN1CC2(CC2)c2cc(O)ccc2C1=O)Nc1ncccn1. The van der Waals surface area contributed by atoms with Crippen molar-refractivity contribution in [3.63, 3.8) is 0 Å². The molecule has 122 valence electrons. The van der Waals surface area contributed by atoms with E-state index < -0.39 is 0 Å². The molecule has 0 bridgehead atoms. The lowest BCUT2D eigenvalue weighted by atomic mass is 9.86. The summed E-state index contributed by atoms with van der Waals surface area (Å²) in [6.07, 6.45) is 4.99. The number of phenols is 1. The van der Waals surface area contributed by atoms with Gasteiger partial charge in [-0.15, -0.1) is 0 Å². The first-order valence-electron chi connectivity index (χ1n) is 7.77. The van der Waals surface area contributed by atoms with Crippen LogP contribution in [0.1, 0.15) is 28.8 Å². The number of carbonyl (C=O) groups is 2. The molecule has 2 aliphatic rings. The van der Waals surface area contributed by atoms with Crippen LogP contribution in [-0.2, 0) is 10.2 Å². The third kappa shape index (κ3) is 2.47. The van der Waals surface area contributed by atoms with Crippen molar-refractivity contribution in [2.75, 3.05) is 18.4 Å². The zero-order chi connectivity index (χ0) is 16.7. The number of rotatable bonds is 3. The lowest BCUT2D eigenvalue weighted by molar-refractivity contribution is -0.117. The number of hydrogen-bond donors (Lipinski definition) is 2. The second-order valence-corrected chi connectivity index (χ2v) is 6.29. The minimum atomic E-state index is -0.326. The predicted octanol–water partition coefficient (Wildman–Crippen LogP) is 1.31. The summed E-state index contributed by atoms with van der Waals surface area (Å²) >= 11 is 0. The molecule has 4 rings (SSSR count). The third-order valence-corrected chi connectivity index (χ3v) is 4.59. The van der Waals surface area contributed by atoms with Gasteiger partial charge in [-0.2, -0.15) is 0 Å². The smallest absolute Gasteiger partial charge is 0.254 e. The van der Waals surface area contributed by atoms with Crippen LogP contribution in [-0.4, -0.2) is 44.9 Å². The summed E-state index contributed by atoms with van der Waals surface area (Å²) in [4.78, 5) is 34.3. The molecule has 1 aliphatic heterocycles. The summed E-state index contributed by atoms with van der Waals surface area (Å²) in [6, 6.07) is 6.48. The van der Waals surface area contributed by atoms with Crippen molar-refractivity contribution in [1.29, 1.82) is 0 Å². The Balaban J connectivity index is 1.54. The lowest BCUT2D eigenvalue weighted by Crippen LogP contribution is -2.46. The number of nitrogens with one attached hydrogen (secondary N) is 1. The molecule has 2 aromatic rings. The van der Waals surface area contributed by atoms with Gasteiger partial charge in [-0.25, -0.2) is 9.97 Å². The molecule has 1 aromatic heterocycles. The first-order chi connectivity index (χ1) is 11.6. The molecule has 24 heavy (non-hydrogen) atoms. The molecular weight excluding hydrogens is 308 g/mol. The second kappa shape index (κ2) is 5.30. The van der Waals surface area contributed by atoms with Crippen molar-refractivity contribution < 1.29 is 14.7 Å². The molecule has 0 atom stereocenters. The van der Waals surface area contributed by atoms with Crippen LogP contribution < -0.4 is 5.32 Å². The number of anilines is 1. The van der Waals surface area contributed by atoms with Gasteiger partial charge in [0.25, 0.3) is 5.91 Å². The first-order valence-corrected chi connectivity index (χ1v) is 7.77. The van der Waals surface area contributed by atoms with E-state index in [4.69, 9.17) is 0 Å². The number of hydrogen-bond acceptors (Lipinski definition) is 5. The van der Waals surface area contributed by atoms with Gasteiger partial charge < -0.3 is 10.0 Å². The Morgan fingerprint density at radius 3 is 2.75 bits per heavy atom. The minimum Gasteiger partial charge on any atom is -0.508 e. The van der Waals surface area contributed by atoms with E-state index in [1.54, 1.807) is 23.1 Å². The van der Waals surface area contributed by atoms with E-state index in [1.807, 2.05) is 0 Å². The van der Waals surface area contributed by atoms with Crippen molar-refractivity contribution in [3.05, 3.63) is 47.8 Å². The highest BCUT2D eigenvalue weighted by Crippen LogP contribution is 2.52. The molecule has 2 amide bonds. The number of carbonyl (C=O) groups excluding carboxylic acids is 2. The molecule has 7 nitrogen and oxygen atoms in total. The monoisotopic (exact) mass is 324 g/mol. The van der Waals surface area contributed by atoms with Crippen molar-refractivity contribution in [3.8, 4) is 5.75 Å². The summed E-state index contributed by atoms with van der Waals surface area (Å²) in [6.45, 7) is 0.449. The van der Waals surface area contributed by atoms with E-state index in [9.17, 15) is 14.7 Å². The fourth-order valence-electron chi connectivity index (χ4n) is 3.26. The number of fused-ring (bicyclic) bond motifs is 2. The number of aromatic nitrogens is 2. The Morgan fingerprint density at radius 1 is 1.29 bits per heavy atom. The van der Waals surface area contributed by atoms with Crippen molar-refractivity contribution in [1.82, 2.24) is 14.9 Å². The molecule has 0 radical (unpaired) electrons. The normalized spacial score (nSPS) is 17.5. The predicted molar refractivity (Wildman–Crippen MR) is 85.6 cm³/mol. The van der Waals surface area contributed by atoms with Gasteiger partial charge in [0.2, 0.25) is 11.9 Å². The Morgan fingerprint density at radius 2 is 2.04 bits per heavy atom. The Bertz CT molecular complexity index is 818. The van der Waals surface area contributed by atoms with Crippen LogP contribution in [0.15, 0.2) is 36.7 Å². The van der Waals surface area contributed by atoms with E-state index in [-0.39, 0.29) is 35.5 Å². The molecule has 2 heterocycles. The number of benzene rings is 1. The number of amides is 2. The first kappa shape index (κ1) is 14.6. The topological polar surface area (TPSA) is 95.4 Å². The highest BCUT2D eigenvalue weighted by atomic mass is 16.3. The largest absolute Gasteiger partial charge is 0.508 e. The van der Waals surface area contributed by atoms with Gasteiger partial charge in [0.05, 0.1) is 0 Å². The molecule has 1 fully saturated rings. The third-order valence-electron chi connectivity index (χ3n) is 4.59. The minimum absolute atomic E-state index is 0.0425. The van der Waals surface area contributed by atoms with E-state index in [0.29, 0.717) is 12.1 Å². The maximum atomic E-state index is 12.7. The Hall–Kier alpha value is -2.96. The van der Waals surface area contributed by atoms with E-state index >= 15 is 0 Å². The van der Waals surface area contributed by atoms with E-state index in [1.165, 1.54) is 18.5 Å². The lowest BCUT2D eigenvalue weighted by Gasteiger charge is -2.34. The van der Waals surface area contributed by atoms with Gasteiger partial charge in [-0.05, 0) is 42.7 Å². The average Bonchev–Trinajstić information content (AvgIpc) is 3.34. The Labute approximate surface area is 138 Å². The van der Waals surface area contributed by atoms with Crippen molar-refractivity contribution in [2.45, 2.75) is 18.3 Å². The number of aromatic hydroxyl groups is 1. The summed E-state index contributed by atoms with van der Waals surface area (Å²) in [7, 11) is 0. The van der Waals surface area contributed by atoms with Crippen LogP contribution in [0.3, 0.4) is 0 Å². The van der Waals surface area contributed by atoms with Gasteiger partial charge in [0.15, 0.2) is 0 Å². The fourth-order valence-corrected chi connectivity index (χ4v) is 3.26. The summed E-state index contributed by atoms with van der Waals surface area (Å²) in [5.41, 5.74) is 1.35. The summed E-state index contributed by atoms with van der Waals surface area (Å²) < 4.78 is 0. The van der Waals surface area contributed by atoms with Gasteiger partial charge in [-0.3, -0.25) is 14.9 Å². The van der Waals surface area contributed by atoms with E-state index in [0.717, 1.165) is 18.4 Å². The van der Waals surface area contributed by atoms with Crippen molar-refractivity contribution >= 4 is 17.8 Å². The van der Waals surface area contributed by atoms with Gasteiger partial charge in [-0.1, -0.05) is 0 Å². The molecule has 0 saturated heterocycles. The van der Waals surface area contributed by atoms with Gasteiger partial charge in [0, 0.05) is 29.9 Å². The summed E-state index contributed by atoms with van der Waals surface area (Å²) in [5, 5.41) is 12.3. The highest BCUT2D eigenvalue weighted by Gasteiger charge is 2.51. The molecule has 7 heteroatoms. The average molecular weight is 324 g/mol. The molecular formula is C17H16N4O3. The Kier molecular flexibility index (Phi) is 3.23. The van der Waals surface area contributed by atoms with Crippen LogP contribution in [0.5, 0.6) is 5.75 Å². The maximum absolute atomic E-state index is 12.7. The molecule has 1 aliphatic carbocycles. The molecule has 0 unspecified atom stereocenters. The quantitative estimate of drug-likeness (QED) is 0.887. The zero-order valence-electron chi connectivity index (χ0n) is 12.9. The standard InChI is InChI=1S/C17H16N4O3/c22-11-2-3-12-13(8-11)17(4-5-17)10-21(15(12)24)9-14(23)20-16-18-6-1-7-19-16/h1-3,6-8,22H,4-5,9-10H2,(H,18,19,20,23). The maximum Gasteiger partial charge on any atom is 0.254 e. The van der Waals surface area contributed by atoms with E-state index in [2.05, 4.69) is 15.3 Å². The highest BCUT2D eigenvalue weighted by molar-refractivity contribution is 6.01. The van der Waals surface area contributed by atoms with Gasteiger partial charge >= 0.3 is 0 Å². The molecule has 1 saturated carbocycles. The number of phenolic OH excluding ortho intramolecular Hbond substituents is 1. The zero-order valence-corrected chi connectivity index (χ0v) is 12.9. The van der Waals surface area contributed by atoms with Crippen LogP contribution in [0.2, 0.25) is 0 Å². The molecule has 1 spiro atoms. The molecule has 2 N–H and O–H groups in total. The van der Waals surface area contributed by atoms with Crippen LogP contribution in [0.4, 0.5) is 5.95 Å². The van der Waals surface area contributed by atoms with Crippen LogP contribution in [0, 0.1) is 0 Å². The van der Waals surface area contributed by atoms with Crippen molar-refractivity contribution in [2.24, 2.45) is 0 Å². The van der Waals surface area contributed by atoms with Crippen LogP contribution in [0.25, 0.3) is 0 Å². The second-order valence-electron chi connectivity index (χ2n) is 6.29. The van der Waals surface area contributed by atoms with Gasteiger partial charge in [0.1, 0.15) is 12.3 Å².